The second-order valence-electron chi connectivity index (χ2n) is 6.74. The van der Waals surface area contributed by atoms with Crippen LogP contribution in [0.1, 0.15) is 16.2 Å². The molecule has 0 saturated carbocycles. The molecule has 1 aliphatic rings. The lowest BCUT2D eigenvalue weighted by molar-refractivity contribution is 0.0588. The number of nitrogens with one attached hydrogen (secondary N) is 3. The van der Waals surface area contributed by atoms with Gasteiger partial charge in [0.25, 0.3) is 0 Å². The van der Waals surface area contributed by atoms with E-state index in [-0.39, 0.29) is 11.7 Å². The summed E-state index contributed by atoms with van der Waals surface area (Å²) in [6.45, 7) is 1.88. The van der Waals surface area contributed by atoms with E-state index in [2.05, 4.69) is 25.9 Å². The van der Waals surface area contributed by atoms with E-state index >= 15 is 0 Å². The third-order valence-corrected chi connectivity index (χ3v) is 6.95. The van der Waals surface area contributed by atoms with Crippen LogP contribution in [-0.2, 0) is 4.74 Å². The number of esters is 1. The number of amidine groups is 1. The molecule has 0 spiro atoms. The summed E-state index contributed by atoms with van der Waals surface area (Å²) in [5.41, 5.74) is 12.0. The number of fused-ring (bicyclic) bond motifs is 1. The predicted octanol–water partition coefficient (Wildman–Crippen LogP) is 1.13. The number of thioether (sulfide) groups is 1. The van der Waals surface area contributed by atoms with Crippen molar-refractivity contribution in [2.24, 2.45) is 21.8 Å². The van der Waals surface area contributed by atoms with Crippen LogP contribution < -0.4 is 27.6 Å². The molecular weight excluding hydrogens is 436 g/mol. The molecule has 1 aromatic heterocycles. The normalized spacial score (nSPS) is 14.5. The van der Waals surface area contributed by atoms with Crippen LogP contribution in [0.15, 0.2) is 45.2 Å². The van der Waals surface area contributed by atoms with Crippen LogP contribution in [0.5, 0.6) is 0 Å². The molecule has 0 atom stereocenters. The first-order valence-corrected chi connectivity index (χ1v) is 11.1. The number of carbonyl (C=O) groups excluding carboxylic acids is 1. The number of aromatic amines is 1. The van der Waals surface area contributed by atoms with Crippen LogP contribution in [0.3, 0.4) is 0 Å². The summed E-state index contributed by atoms with van der Waals surface area (Å²) in [6, 6.07) is 9.59. The number of imidazole rings is 1. The Balaban J connectivity index is 1.92. The summed E-state index contributed by atoms with van der Waals surface area (Å²) in [7, 11) is 1.31. The van der Waals surface area contributed by atoms with Gasteiger partial charge < -0.3 is 20.8 Å². The van der Waals surface area contributed by atoms with Crippen molar-refractivity contribution in [1.82, 2.24) is 20.8 Å². The Labute approximate surface area is 186 Å². The number of ether oxygens (including phenoxy) is 1. The molecule has 0 aliphatic carbocycles. The topological polar surface area (TPSA) is 169 Å². The number of hydrazine groups is 1. The maximum atomic E-state index is 12.0. The third-order valence-electron chi connectivity index (χ3n) is 4.90. The lowest BCUT2D eigenvalue weighted by Crippen LogP contribution is -2.44. The minimum atomic E-state index is -0.546. The molecule has 0 amide bonds. The van der Waals surface area contributed by atoms with Crippen molar-refractivity contribution in [2.75, 3.05) is 20.2 Å². The molecule has 2 heterocycles. The van der Waals surface area contributed by atoms with Crippen LogP contribution in [0, 0.1) is 0 Å². The van der Waals surface area contributed by atoms with Crippen LogP contribution in [0.25, 0.3) is 22.2 Å². The minimum absolute atomic E-state index is 0.120. The number of aromatic nitrogens is 2. The molecule has 31 heavy (non-hydrogen) atoms. The first kappa shape index (κ1) is 21.5. The van der Waals surface area contributed by atoms with Crippen molar-refractivity contribution in [3.8, 4) is 11.1 Å². The Kier molecular flexibility index (Phi) is 6.34. The van der Waals surface area contributed by atoms with Gasteiger partial charge in [0.1, 0.15) is 0 Å². The van der Waals surface area contributed by atoms with E-state index in [4.69, 9.17) is 21.5 Å². The molecule has 3 aromatic rings. The van der Waals surface area contributed by atoms with Gasteiger partial charge in [-0.05, 0) is 29.6 Å². The van der Waals surface area contributed by atoms with Crippen molar-refractivity contribution in [3.63, 3.8) is 0 Å². The van der Waals surface area contributed by atoms with E-state index in [0.29, 0.717) is 21.8 Å². The summed E-state index contributed by atoms with van der Waals surface area (Å²) < 4.78 is 4.79. The number of hydrogen-bond donors (Lipinski definition) is 6. The van der Waals surface area contributed by atoms with E-state index < -0.39 is 5.97 Å². The monoisotopic (exact) mass is 458 g/mol. The summed E-state index contributed by atoms with van der Waals surface area (Å²) in [5.74, 6) is 5.17. The fourth-order valence-corrected chi connectivity index (χ4v) is 5.27. The number of nitrogens with two attached hydrogens (primary N) is 3. The number of carbonyl (C=O) groups is 1. The van der Waals surface area contributed by atoms with Crippen LogP contribution >= 0.6 is 23.7 Å². The molecule has 1 aliphatic heterocycles. The molecule has 0 radical (unpaired) electrons. The van der Waals surface area contributed by atoms with Crippen LogP contribution in [0.2, 0.25) is 0 Å². The molecule has 9 N–H and O–H groups in total. The Morgan fingerprint density at radius 1 is 1.29 bits per heavy atom. The Morgan fingerprint density at radius 2 is 2.10 bits per heavy atom. The first-order valence-electron chi connectivity index (χ1n) is 9.35. The van der Waals surface area contributed by atoms with E-state index in [1.165, 1.54) is 7.11 Å². The average molecular weight is 459 g/mol. The molecule has 0 bridgehead atoms. The van der Waals surface area contributed by atoms with Gasteiger partial charge in [0, 0.05) is 39.3 Å². The lowest BCUT2D eigenvalue weighted by atomic mass is 9.97. The highest BCUT2D eigenvalue weighted by Crippen LogP contribution is 2.40. The lowest BCUT2D eigenvalue weighted by Gasteiger charge is -2.27. The van der Waals surface area contributed by atoms with E-state index in [1.807, 2.05) is 30.3 Å². The smallest absolute Gasteiger partial charge is 0.374 e. The van der Waals surface area contributed by atoms with Gasteiger partial charge in [0.15, 0.2) is 5.84 Å². The summed E-state index contributed by atoms with van der Waals surface area (Å²) in [5, 5.41) is 13.8. The Morgan fingerprint density at radius 3 is 2.74 bits per heavy atom. The zero-order valence-electron chi connectivity index (χ0n) is 16.6. The summed E-state index contributed by atoms with van der Waals surface area (Å²) >= 11 is 2.85. The largest absolute Gasteiger partial charge is 0.463 e. The van der Waals surface area contributed by atoms with Crippen LogP contribution in [-0.4, -0.2) is 47.2 Å². The molecule has 1 fully saturated rings. The quantitative estimate of drug-likeness (QED) is 0.0753. The molecule has 1 saturated heterocycles. The molecule has 162 valence electrons. The van der Waals surface area contributed by atoms with Gasteiger partial charge in [-0.15, -0.1) is 16.9 Å². The number of nitrogens with zero attached hydrogens (tertiary/aromatic N) is 2. The van der Waals surface area contributed by atoms with Crippen molar-refractivity contribution in [3.05, 3.63) is 41.7 Å². The Bertz CT molecular complexity index is 1160. The number of benzene rings is 2. The number of methoxy groups -OCH3 is 1. The number of H-pyrrole nitrogens is 1. The third kappa shape index (κ3) is 4.07. The molecule has 12 heteroatoms. The van der Waals surface area contributed by atoms with Gasteiger partial charge in [-0.3, -0.25) is 5.14 Å². The van der Waals surface area contributed by atoms with Crippen molar-refractivity contribution >= 4 is 46.5 Å². The summed E-state index contributed by atoms with van der Waals surface area (Å²) in [4.78, 5) is 21.2. The van der Waals surface area contributed by atoms with Gasteiger partial charge in [-0.2, -0.15) is 0 Å². The fourth-order valence-electron chi connectivity index (χ4n) is 3.35. The predicted molar refractivity (Wildman–Crippen MR) is 123 cm³/mol. The van der Waals surface area contributed by atoms with Gasteiger partial charge in [0.05, 0.1) is 18.1 Å². The number of para-hydroxylation sites is 1. The van der Waals surface area contributed by atoms with E-state index in [0.717, 1.165) is 46.0 Å². The first-order chi connectivity index (χ1) is 15.1. The molecule has 4 rings (SSSR count). The minimum Gasteiger partial charge on any atom is -0.463 e. The number of hydrogen-bond acceptors (Lipinski definition) is 10. The summed E-state index contributed by atoms with van der Waals surface area (Å²) in [6.07, 6.45) is 0. The fraction of sp³-hybridized carbons (Fsp3) is 0.211. The highest BCUT2D eigenvalue weighted by Gasteiger charge is 2.25. The average Bonchev–Trinajstić information content (AvgIpc) is 3.19. The second kappa shape index (κ2) is 9.16. The zero-order valence-corrected chi connectivity index (χ0v) is 18.3. The highest BCUT2D eigenvalue weighted by molar-refractivity contribution is 8.02. The van der Waals surface area contributed by atoms with Crippen LogP contribution in [0.4, 0.5) is 0 Å². The van der Waals surface area contributed by atoms with Crippen molar-refractivity contribution in [1.29, 1.82) is 0 Å². The van der Waals surface area contributed by atoms with E-state index in [1.54, 1.807) is 11.8 Å². The van der Waals surface area contributed by atoms with Gasteiger partial charge in [-0.25, -0.2) is 21.2 Å². The van der Waals surface area contributed by atoms with Crippen molar-refractivity contribution in [2.45, 2.75) is 15.0 Å². The maximum absolute atomic E-state index is 12.0. The number of hydrazone groups is 1. The molecule has 2 aromatic carbocycles. The van der Waals surface area contributed by atoms with Gasteiger partial charge in [0.2, 0.25) is 5.82 Å². The molecule has 10 nitrogen and oxygen atoms in total. The highest BCUT2D eigenvalue weighted by atomic mass is 32.2. The zero-order chi connectivity index (χ0) is 22.0. The molecular formula is C19H22N8O2S2. The maximum Gasteiger partial charge on any atom is 0.374 e. The standard InChI is InChI=1S/C19H22N8O2S2/c1-29-19(28)18-24-12-4-2-3-11(15(12)25-18)10-5-6-13(30-9-7-23-8-9)16(31-22)14(10)17(20)26-27-21/h2-6,9,23,27H,7-8,21-22H2,1H3,(H2,20,26)(H,24,25). The van der Waals surface area contributed by atoms with Gasteiger partial charge in [-0.1, -0.05) is 18.2 Å². The molecule has 0 unspecified atom stereocenters. The van der Waals surface area contributed by atoms with E-state index in [9.17, 15) is 4.79 Å². The van der Waals surface area contributed by atoms with Gasteiger partial charge >= 0.3 is 5.97 Å². The number of rotatable bonds is 7. The second-order valence-corrected chi connectivity index (χ2v) is 8.72. The van der Waals surface area contributed by atoms with Crippen molar-refractivity contribution < 1.29 is 9.53 Å². The Hall–Kier alpha value is -2.77. The SMILES string of the molecule is COC(=O)c1nc2c(-c3ccc(SC4CNC4)c(SN)c3/C(N)=N/NN)cccc2[nH]1.